The number of aromatic nitrogens is 1. The molecule has 3 aromatic rings. The van der Waals surface area contributed by atoms with Crippen LogP contribution < -0.4 is 10.2 Å². The van der Waals surface area contributed by atoms with E-state index in [1.165, 1.54) is 0 Å². The van der Waals surface area contributed by atoms with Crippen molar-refractivity contribution in [3.63, 3.8) is 0 Å². The van der Waals surface area contributed by atoms with E-state index in [-0.39, 0.29) is 17.6 Å². The highest BCUT2D eigenvalue weighted by molar-refractivity contribution is 5.96. The Kier molecular flexibility index (Phi) is 3.63. The molecule has 4 heteroatoms. The highest BCUT2D eigenvalue weighted by Crippen LogP contribution is 2.24. The SMILES string of the molecule is C#CCCC(=O)Oc1cccc2[nH]c3ccccc3c(=O)c12. The summed E-state index contributed by atoms with van der Waals surface area (Å²) in [6.45, 7) is 0. The van der Waals surface area contributed by atoms with E-state index in [2.05, 4.69) is 10.9 Å². The van der Waals surface area contributed by atoms with Crippen LogP contribution in [0.25, 0.3) is 21.8 Å². The molecule has 3 rings (SSSR count). The van der Waals surface area contributed by atoms with Gasteiger partial charge in [0.1, 0.15) is 5.75 Å². The molecule has 0 bridgehead atoms. The van der Waals surface area contributed by atoms with Crippen molar-refractivity contribution in [3.8, 4) is 18.1 Å². The minimum Gasteiger partial charge on any atom is -0.426 e. The normalized spacial score (nSPS) is 10.5. The number of hydrogen-bond donors (Lipinski definition) is 1. The Hall–Kier alpha value is -3.06. The number of nitrogens with one attached hydrogen (secondary N) is 1. The second-order valence-electron chi connectivity index (χ2n) is 4.86. The first-order valence-corrected chi connectivity index (χ1v) is 6.88. The van der Waals surface area contributed by atoms with Gasteiger partial charge in [0.15, 0.2) is 0 Å². The maximum Gasteiger partial charge on any atom is 0.312 e. The van der Waals surface area contributed by atoms with Crippen LogP contribution in [0.5, 0.6) is 5.75 Å². The molecule has 0 saturated heterocycles. The molecule has 1 aromatic heterocycles. The molecule has 4 nitrogen and oxygen atoms in total. The summed E-state index contributed by atoms with van der Waals surface area (Å²) in [5.74, 6) is 2.20. The number of rotatable bonds is 3. The average Bonchev–Trinajstić information content (AvgIpc) is 2.53. The lowest BCUT2D eigenvalue weighted by Crippen LogP contribution is -2.11. The van der Waals surface area contributed by atoms with Crippen molar-refractivity contribution in [1.82, 2.24) is 4.98 Å². The predicted molar refractivity (Wildman–Crippen MR) is 85.8 cm³/mol. The van der Waals surface area contributed by atoms with E-state index in [0.29, 0.717) is 22.7 Å². The number of carbonyl (C=O) groups is 1. The van der Waals surface area contributed by atoms with Gasteiger partial charge in [0.25, 0.3) is 0 Å². The van der Waals surface area contributed by atoms with Gasteiger partial charge in [0.05, 0.1) is 17.3 Å². The van der Waals surface area contributed by atoms with Crippen LogP contribution in [-0.4, -0.2) is 11.0 Å². The van der Waals surface area contributed by atoms with Crippen LogP contribution in [-0.2, 0) is 4.79 Å². The Bertz CT molecular complexity index is 963. The summed E-state index contributed by atoms with van der Waals surface area (Å²) >= 11 is 0. The summed E-state index contributed by atoms with van der Waals surface area (Å²) in [5, 5.41) is 0.928. The first-order valence-electron chi connectivity index (χ1n) is 6.88. The van der Waals surface area contributed by atoms with Crippen LogP contribution in [0.2, 0.25) is 0 Å². The summed E-state index contributed by atoms with van der Waals surface area (Å²) < 4.78 is 5.30. The topological polar surface area (TPSA) is 59.2 Å². The van der Waals surface area contributed by atoms with Gasteiger partial charge < -0.3 is 9.72 Å². The molecule has 0 fully saturated rings. The molecule has 1 heterocycles. The molecule has 0 spiro atoms. The summed E-state index contributed by atoms with van der Waals surface area (Å²) in [7, 11) is 0. The average molecular weight is 291 g/mol. The van der Waals surface area contributed by atoms with E-state index in [9.17, 15) is 9.59 Å². The number of H-pyrrole nitrogens is 1. The van der Waals surface area contributed by atoms with Gasteiger partial charge in [-0.2, -0.15) is 0 Å². The molecule has 0 amide bonds. The van der Waals surface area contributed by atoms with E-state index >= 15 is 0 Å². The van der Waals surface area contributed by atoms with Crippen LogP contribution in [0.3, 0.4) is 0 Å². The molecule has 0 aliphatic rings. The Morgan fingerprint density at radius 3 is 2.73 bits per heavy atom. The smallest absolute Gasteiger partial charge is 0.312 e. The third kappa shape index (κ3) is 2.45. The van der Waals surface area contributed by atoms with Crippen molar-refractivity contribution >= 4 is 27.8 Å². The zero-order valence-corrected chi connectivity index (χ0v) is 11.8. The molecule has 0 saturated carbocycles. The number of benzene rings is 2. The second kappa shape index (κ2) is 5.74. The lowest BCUT2D eigenvalue weighted by atomic mass is 10.1. The highest BCUT2D eigenvalue weighted by atomic mass is 16.5. The standard InChI is InChI=1S/C18H13NO3/c1-2-3-11-16(20)22-15-10-6-9-14-17(15)18(21)12-7-4-5-8-13(12)19-14/h1,4-10H,3,11H2,(H,19,21). The summed E-state index contributed by atoms with van der Waals surface area (Å²) in [6, 6.07) is 12.4. The summed E-state index contributed by atoms with van der Waals surface area (Å²) in [5.41, 5.74) is 1.21. The maximum absolute atomic E-state index is 12.7. The molecule has 2 aromatic carbocycles. The monoisotopic (exact) mass is 291 g/mol. The number of fused-ring (bicyclic) bond motifs is 2. The third-order valence-corrected chi connectivity index (χ3v) is 3.39. The van der Waals surface area contributed by atoms with Gasteiger partial charge in [0, 0.05) is 17.3 Å². The van der Waals surface area contributed by atoms with E-state index in [1.807, 2.05) is 12.1 Å². The van der Waals surface area contributed by atoms with Gasteiger partial charge in [-0.1, -0.05) is 18.2 Å². The van der Waals surface area contributed by atoms with Gasteiger partial charge in [-0.15, -0.1) is 12.3 Å². The molecular formula is C18H13NO3. The largest absolute Gasteiger partial charge is 0.426 e. The molecular weight excluding hydrogens is 278 g/mol. The zero-order valence-electron chi connectivity index (χ0n) is 11.8. The van der Waals surface area contributed by atoms with Gasteiger partial charge >= 0.3 is 5.97 Å². The lowest BCUT2D eigenvalue weighted by Gasteiger charge is -2.08. The summed E-state index contributed by atoms with van der Waals surface area (Å²) in [4.78, 5) is 27.6. The van der Waals surface area contributed by atoms with Gasteiger partial charge in [0.2, 0.25) is 5.43 Å². The van der Waals surface area contributed by atoms with Crippen molar-refractivity contribution in [1.29, 1.82) is 0 Å². The van der Waals surface area contributed by atoms with Crippen LogP contribution in [0.4, 0.5) is 0 Å². The second-order valence-corrected chi connectivity index (χ2v) is 4.86. The Balaban J connectivity index is 2.16. The molecule has 1 N–H and O–H groups in total. The number of para-hydroxylation sites is 1. The Morgan fingerprint density at radius 2 is 1.91 bits per heavy atom. The fourth-order valence-corrected chi connectivity index (χ4v) is 2.37. The van der Waals surface area contributed by atoms with Crippen LogP contribution in [0.15, 0.2) is 47.3 Å². The zero-order chi connectivity index (χ0) is 15.5. The van der Waals surface area contributed by atoms with Crippen molar-refractivity contribution in [2.45, 2.75) is 12.8 Å². The minimum atomic E-state index is -0.446. The molecule has 0 atom stereocenters. The quantitative estimate of drug-likeness (QED) is 0.349. The van der Waals surface area contributed by atoms with Crippen molar-refractivity contribution in [2.24, 2.45) is 0 Å². The number of esters is 1. The molecule has 0 unspecified atom stereocenters. The van der Waals surface area contributed by atoms with Crippen molar-refractivity contribution in [3.05, 3.63) is 52.7 Å². The fraction of sp³-hybridized carbons (Fsp3) is 0.111. The molecule has 0 aliphatic heterocycles. The number of aromatic amines is 1. The van der Waals surface area contributed by atoms with E-state index in [4.69, 9.17) is 11.2 Å². The third-order valence-electron chi connectivity index (χ3n) is 3.39. The molecule has 0 radical (unpaired) electrons. The summed E-state index contributed by atoms with van der Waals surface area (Å²) in [6.07, 6.45) is 5.57. The van der Waals surface area contributed by atoms with E-state index < -0.39 is 5.97 Å². The predicted octanol–water partition coefficient (Wildman–Crippen LogP) is 3.00. The Labute approximate surface area is 126 Å². The first kappa shape index (κ1) is 13.9. The number of pyridine rings is 1. The highest BCUT2D eigenvalue weighted by Gasteiger charge is 2.12. The van der Waals surface area contributed by atoms with Crippen LogP contribution in [0, 0.1) is 12.3 Å². The lowest BCUT2D eigenvalue weighted by molar-refractivity contribution is -0.134. The number of hydrogen-bond acceptors (Lipinski definition) is 3. The van der Waals surface area contributed by atoms with E-state index in [1.54, 1.807) is 30.3 Å². The van der Waals surface area contributed by atoms with E-state index in [0.717, 1.165) is 5.52 Å². The number of ether oxygens (including phenoxy) is 1. The van der Waals surface area contributed by atoms with Gasteiger partial charge in [-0.3, -0.25) is 9.59 Å². The van der Waals surface area contributed by atoms with Gasteiger partial charge in [-0.05, 0) is 24.3 Å². The molecule has 0 aliphatic carbocycles. The first-order chi connectivity index (χ1) is 10.7. The van der Waals surface area contributed by atoms with Crippen molar-refractivity contribution in [2.75, 3.05) is 0 Å². The fourth-order valence-electron chi connectivity index (χ4n) is 2.37. The number of terminal acetylenes is 1. The molecule has 22 heavy (non-hydrogen) atoms. The minimum absolute atomic E-state index is 0.123. The van der Waals surface area contributed by atoms with Crippen LogP contribution in [0.1, 0.15) is 12.8 Å². The maximum atomic E-state index is 12.7. The Morgan fingerprint density at radius 1 is 1.14 bits per heavy atom. The van der Waals surface area contributed by atoms with Gasteiger partial charge in [-0.25, -0.2) is 0 Å². The number of carbonyl (C=O) groups excluding carboxylic acids is 1. The van der Waals surface area contributed by atoms with Crippen molar-refractivity contribution < 1.29 is 9.53 Å². The molecule has 108 valence electrons. The van der Waals surface area contributed by atoms with Crippen LogP contribution >= 0.6 is 0 Å².